The summed E-state index contributed by atoms with van der Waals surface area (Å²) in [5, 5.41) is 3.00. The van der Waals surface area contributed by atoms with Crippen LogP contribution in [0, 0.1) is 6.92 Å². The molecule has 0 bridgehead atoms. The van der Waals surface area contributed by atoms with E-state index in [-0.39, 0.29) is 10.8 Å². The highest BCUT2D eigenvalue weighted by Gasteiger charge is 2.22. The number of thiazole rings is 1. The van der Waals surface area contributed by atoms with Crippen LogP contribution in [0.25, 0.3) is 0 Å². The molecule has 86 valence electrons. The van der Waals surface area contributed by atoms with Gasteiger partial charge in [0.1, 0.15) is 5.01 Å². The van der Waals surface area contributed by atoms with Gasteiger partial charge in [-0.25, -0.2) is 13.9 Å². The number of hydrogen-bond acceptors (Lipinski definition) is 3. The Balaban J connectivity index is 2.64. The Morgan fingerprint density at radius 3 is 2.53 bits per heavy atom. The molecular formula is C10H18N2OS2. The third kappa shape index (κ3) is 3.66. The largest absolute Gasteiger partial charge is 0.245 e. The average Bonchev–Trinajstić information content (AvgIpc) is 2.50. The molecule has 1 heterocycles. The van der Waals surface area contributed by atoms with Gasteiger partial charge < -0.3 is 0 Å². The lowest BCUT2D eigenvalue weighted by molar-refractivity contribution is 0.615. The van der Waals surface area contributed by atoms with E-state index in [0.29, 0.717) is 0 Å². The molecule has 0 radical (unpaired) electrons. The first-order valence-corrected chi connectivity index (χ1v) is 6.93. The van der Waals surface area contributed by atoms with E-state index in [1.54, 1.807) is 11.3 Å². The molecule has 0 saturated carbocycles. The second kappa shape index (κ2) is 4.72. The van der Waals surface area contributed by atoms with Crippen LogP contribution in [-0.4, -0.2) is 13.9 Å². The number of aromatic nitrogens is 1. The van der Waals surface area contributed by atoms with Crippen LogP contribution in [0.4, 0.5) is 0 Å². The van der Waals surface area contributed by atoms with Gasteiger partial charge in [-0.2, -0.15) is 0 Å². The van der Waals surface area contributed by atoms with Crippen molar-refractivity contribution in [2.75, 3.05) is 0 Å². The molecule has 0 saturated heterocycles. The number of nitrogens with one attached hydrogen (secondary N) is 1. The maximum Gasteiger partial charge on any atom is 0.110 e. The molecule has 0 amide bonds. The highest BCUT2D eigenvalue weighted by molar-refractivity contribution is 7.84. The third-order valence-corrected chi connectivity index (χ3v) is 4.67. The minimum Gasteiger partial charge on any atom is -0.245 e. The molecule has 1 N–H and O–H groups in total. The van der Waals surface area contributed by atoms with Crippen LogP contribution in [0.5, 0.6) is 0 Å². The quantitative estimate of drug-likeness (QED) is 0.890. The van der Waals surface area contributed by atoms with Gasteiger partial charge in [0.15, 0.2) is 0 Å². The summed E-state index contributed by atoms with van der Waals surface area (Å²) in [5.41, 5.74) is 1.02. The van der Waals surface area contributed by atoms with Gasteiger partial charge in [0, 0.05) is 11.1 Å². The van der Waals surface area contributed by atoms with Crippen LogP contribution in [0.3, 0.4) is 0 Å². The minimum absolute atomic E-state index is 0.0451. The van der Waals surface area contributed by atoms with Crippen molar-refractivity contribution in [2.24, 2.45) is 0 Å². The van der Waals surface area contributed by atoms with Crippen LogP contribution in [-0.2, 0) is 11.0 Å². The fraction of sp³-hybridized carbons (Fsp3) is 0.700. The van der Waals surface area contributed by atoms with E-state index in [0.717, 1.165) is 10.7 Å². The van der Waals surface area contributed by atoms with Crippen molar-refractivity contribution >= 4 is 22.3 Å². The fourth-order valence-corrected chi connectivity index (χ4v) is 2.62. The van der Waals surface area contributed by atoms with Crippen molar-refractivity contribution < 1.29 is 4.21 Å². The van der Waals surface area contributed by atoms with E-state index in [9.17, 15) is 4.21 Å². The second-order valence-electron chi connectivity index (χ2n) is 4.55. The predicted molar refractivity (Wildman–Crippen MR) is 66.3 cm³/mol. The molecule has 0 unspecified atom stereocenters. The van der Waals surface area contributed by atoms with Gasteiger partial charge in [0.05, 0.1) is 21.8 Å². The second-order valence-corrected chi connectivity index (χ2v) is 7.44. The predicted octanol–water partition coefficient (Wildman–Crippen LogP) is 2.56. The number of rotatable bonds is 3. The van der Waals surface area contributed by atoms with Crippen LogP contribution in [0.2, 0.25) is 0 Å². The summed E-state index contributed by atoms with van der Waals surface area (Å²) < 4.78 is 14.7. The molecule has 0 aliphatic heterocycles. The minimum atomic E-state index is -1.04. The maximum absolute atomic E-state index is 11.8. The van der Waals surface area contributed by atoms with Crippen molar-refractivity contribution in [3.05, 3.63) is 16.1 Å². The maximum atomic E-state index is 11.8. The lowest BCUT2D eigenvalue weighted by atomic mass is 10.3. The number of nitrogens with zero attached hydrogens (tertiary/aromatic N) is 1. The molecule has 0 aliphatic carbocycles. The Bertz CT molecular complexity index is 355. The average molecular weight is 246 g/mol. The molecule has 0 fully saturated rings. The zero-order chi connectivity index (χ0) is 11.6. The summed E-state index contributed by atoms with van der Waals surface area (Å²) in [7, 11) is -1.04. The standard InChI is InChI=1S/C10H18N2OS2/c1-7-6-14-9(11-7)8(2)12-15(13)10(3,4)5/h6,8,12H,1-5H3/t8-,15-/m1/s1. The van der Waals surface area contributed by atoms with Crippen LogP contribution < -0.4 is 4.72 Å². The van der Waals surface area contributed by atoms with Gasteiger partial charge in [-0.15, -0.1) is 11.3 Å². The summed E-state index contributed by atoms with van der Waals surface area (Å²) >= 11 is 1.60. The van der Waals surface area contributed by atoms with Crippen LogP contribution in [0.15, 0.2) is 5.38 Å². The van der Waals surface area contributed by atoms with Crippen LogP contribution >= 0.6 is 11.3 Å². The van der Waals surface area contributed by atoms with Crippen molar-refractivity contribution in [1.29, 1.82) is 0 Å². The van der Waals surface area contributed by atoms with Gasteiger partial charge in [-0.3, -0.25) is 0 Å². The highest BCUT2D eigenvalue weighted by atomic mass is 32.2. The molecule has 0 aromatic carbocycles. The van der Waals surface area contributed by atoms with Crippen molar-refractivity contribution in [2.45, 2.75) is 45.4 Å². The first-order chi connectivity index (χ1) is 6.80. The Labute approximate surface area is 97.9 Å². The molecule has 5 heteroatoms. The molecule has 15 heavy (non-hydrogen) atoms. The fourth-order valence-electron chi connectivity index (χ4n) is 0.959. The molecule has 3 nitrogen and oxygen atoms in total. The highest BCUT2D eigenvalue weighted by Crippen LogP contribution is 2.20. The first-order valence-electron chi connectivity index (χ1n) is 4.91. The third-order valence-electron chi connectivity index (χ3n) is 1.85. The van der Waals surface area contributed by atoms with E-state index in [1.165, 1.54) is 0 Å². The van der Waals surface area contributed by atoms with Gasteiger partial charge in [-0.1, -0.05) is 0 Å². The van der Waals surface area contributed by atoms with Crippen molar-refractivity contribution in [3.8, 4) is 0 Å². The van der Waals surface area contributed by atoms with Crippen LogP contribution in [0.1, 0.15) is 44.4 Å². The smallest absolute Gasteiger partial charge is 0.110 e. The normalized spacial score (nSPS) is 16.3. The molecule has 2 atom stereocenters. The van der Waals surface area contributed by atoms with E-state index in [2.05, 4.69) is 9.71 Å². The first kappa shape index (κ1) is 12.8. The lowest BCUT2D eigenvalue weighted by Crippen LogP contribution is -2.34. The Kier molecular flexibility index (Phi) is 4.03. The Morgan fingerprint density at radius 2 is 2.13 bits per heavy atom. The Morgan fingerprint density at radius 1 is 1.53 bits per heavy atom. The summed E-state index contributed by atoms with van der Waals surface area (Å²) in [4.78, 5) is 4.37. The molecule has 1 aromatic heterocycles. The SMILES string of the molecule is Cc1csc([C@@H](C)N[S@](=O)C(C)(C)C)n1. The number of hydrogen-bond donors (Lipinski definition) is 1. The van der Waals surface area contributed by atoms with E-state index in [1.807, 2.05) is 40.0 Å². The van der Waals surface area contributed by atoms with Gasteiger partial charge in [0.25, 0.3) is 0 Å². The molecular weight excluding hydrogens is 228 g/mol. The molecule has 1 aromatic rings. The van der Waals surface area contributed by atoms with Crippen molar-refractivity contribution in [3.63, 3.8) is 0 Å². The zero-order valence-corrected chi connectivity index (χ0v) is 11.5. The monoisotopic (exact) mass is 246 g/mol. The van der Waals surface area contributed by atoms with E-state index < -0.39 is 11.0 Å². The Hall–Kier alpha value is -0.260. The van der Waals surface area contributed by atoms with Crippen molar-refractivity contribution in [1.82, 2.24) is 9.71 Å². The summed E-state index contributed by atoms with van der Waals surface area (Å²) in [6.07, 6.45) is 0. The van der Waals surface area contributed by atoms with Gasteiger partial charge in [0.2, 0.25) is 0 Å². The van der Waals surface area contributed by atoms with E-state index in [4.69, 9.17) is 0 Å². The lowest BCUT2D eigenvalue weighted by Gasteiger charge is -2.20. The summed E-state index contributed by atoms with van der Waals surface area (Å²) in [5.74, 6) is 0. The molecule has 0 aliphatic rings. The van der Waals surface area contributed by atoms with Gasteiger partial charge >= 0.3 is 0 Å². The molecule has 0 spiro atoms. The number of aryl methyl sites for hydroxylation is 1. The topological polar surface area (TPSA) is 42.0 Å². The zero-order valence-electron chi connectivity index (χ0n) is 9.83. The molecule has 1 rings (SSSR count). The summed E-state index contributed by atoms with van der Waals surface area (Å²) in [6.45, 7) is 9.82. The van der Waals surface area contributed by atoms with Gasteiger partial charge in [-0.05, 0) is 34.6 Å². The van der Waals surface area contributed by atoms with E-state index >= 15 is 0 Å². The summed E-state index contributed by atoms with van der Waals surface area (Å²) in [6, 6.07) is 0.0451.